The van der Waals surface area contributed by atoms with Crippen LogP contribution in [0.2, 0.25) is 0 Å². The average Bonchev–Trinajstić information content (AvgIpc) is 2.90. The van der Waals surface area contributed by atoms with Crippen molar-refractivity contribution in [2.45, 2.75) is 38.4 Å². The van der Waals surface area contributed by atoms with E-state index in [0.29, 0.717) is 31.8 Å². The smallest absolute Gasteiger partial charge is 0.222 e. The molecule has 1 aliphatic heterocycles. The van der Waals surface area contributed by atoms with Gasteiger partial charge >= 0.3 is 0 Å². The fourth-order valence-corrected chi connectivity index (χ4v) is 5.56. The van der Waals surface area contributed by atoms with Crippen molar-refractivity contribution in [3.05, 3.63) is 22.4 Å². The molecule has 0 aromatic carbocycles. The summed E-state index contributed by atoms with van der Waals surface area (Å²) in [7, 11) is -3.17. The molecule has 0 N–H and O–H groups in total. The van der Waals surface area contributed by atoms with E-state index in [-0.39, 0.29) is 11.7 Å². The minimum absolute atomic E-state index is 0.0712. The zero-order valence-electron chi connectivity index (χ0n) is 12.6. The van der Waals surface area contributed by atoms with Gasteiger partial charge < -0.3 is 4.90 Å². The Kier molecular flexibility index (Phi) is 5.43. The number of carbonyl (C=O) groups excluding carboxylic acids is 1. The average molecular weight is 329 g/mol. The van der Waals surface area contributed by atoms with Crippen molar-refractivity contribution in [1.29, 1.82) is 0 Å². The first-order valence-corrected chi connectivity index (χ1v) is 10.1. The Balaban J connectivity index is 2.08. The molecule has 1 aromatic rings. The predicted molar refractivity (Wildman–Crippen MR) is 86.1 cm³/mol. The molecule has 1 aliphatic rings. The van der Waals surface area contributed by atoms with Crippen molar-refractivity contribution < 1.29 is 13.2 Å². The van der Waals surface area contributed by atoms with Gasteiger partial charge in [-0.2, -0.15) is 0 Å². The van der Waals surface area contributed by atoms with E-state index < -0.39 is 15.1 Å². The molecule has 1 saturated heterocycles. The highest BCUT2D eigenvalue weighted by Crippen LogP contribution is 2.32. The summed E-state index contributed by atoms with van der Waals surface area (Å²) >= 11 is 1.48. The number of rotatable bonds is 4. The number of sulfone groups is 1. The fraction of sp³-hybridized carbons (Fsp3) is 0.667. The van der Waals surface area contributed by atoms with Gasteiger partial charge in [-0.3, -0.25) is 4.79 Å². The van der Waals surface area contributed by atoms with Crippen molar-refractivity contribution in [1.82, 2.24) is 4.90 Å². The lowest BCUT2D eigenvalue weighted by Crippen LogP contribution is -2.34. The first-order valence-electron chi connectivity index (χ1n) is 7.46. The van der Waals surface area contributed by atoms with Gasteiger partial charge in [0.1, 0.15) is 0 Å². The van der Waals surface area contributed by atoms with E-state index in [9.17, 15) is 13.2 Å². The lowest BCUT2D eigenvalue weighted by Gasteiger charge is -2.21. The van der Waals surface area contributed by atoms with E-state index >= 15 is 0 Å². The van der Waals surface area contributed by atoms with Gasteiger partial charge in [0.15, 0.2) is 9.84 Å². The Hall–Kier alpha value is -0.880. The fourth-order valence-electron chi connectivity index (χ4n) is 2.56. The summed E-state index contributed by atoms with van der Waals surface area (Å²) in [4.78, 5) is 14.9. The Labute approximate surface area is 131 Å². The summed E-state index contributed by atoms with van der Waals surface area (Å²) in [6.45, 7) is 5.00. The number of hydrogen-bond donors (Lipinski definition) is 0. The molecule has 21 heavy (non-hydrogen) atoms. The second kappa shape index (κ2) is 6.92. The monoisotopic (exact) mass is 329 g/mol. The highest BCUT2D eigenvalue weighted by molar-refractivity contribution is 7.91. The van der Waals surface area contributed by atoms with Crippen LogP contribution in [0.4, 0.5) is 0 Å². The van der Waals surface area contributed by atoms with E-state index in [0.717, 1.165) is 11.3 Å². The van der Waals surface area contributed by atoms with Crippen LogP contribution < -0.4 is 0 Å². The van der Waals surface area contributed by atoms with Crippen LogP contribution in [-0.2, 0) is 14.6 Å². The van der Waals surface area contributed by atoms with Gasteiger partial charge in [0.25, 0.3) is 0 Å². The maximum absolute atomic E-state index is 12.4. The third kappa shape index (κ3) is 4.07. The maximum atomic E-state index is 12.4. The molecule has 0 saturated carbocycles. The molecule has 1 aromatic heterocycles. The SMILES string of the molecule is CCC(C)CC(=O)N1CCC(c2cccs2)S(=O)(=O)CC1. The van der Waals surface area contributed by atoms with Crippen LogP contribution in [-0.4, -0.2) is 38.1 Å². The molecule has 0 radical (unpaired) electrons. The molecule has 118 valence electrons. The number of amides is 1. The van der Waals surface area contributed by atoms with E-state index in [1.165, 1.54) is 11.3 Å². The van der Waals surface area contributed by atoms with Crippen LogP contribution in [0.5, 0.6) is 0 Å². The quantitative estimate of drug-likeness (QED) is 0.853. The standard InChI is InChI=1S/C15H23NO3S2/c1-3-12(2)11-15(17)16-7-6-14(13-5-4-9-20-13)21(18,19)10-8-16/h4-5,9,12,14H,3,6-8,10-11H2,1-2H3. The van der Waals surface area contributed by atoms with Crippen molar-refractivity contribution >= 4 is 27.1 Å². The Morgan fingerprint density at radius 1 is 1.48 bits per heavy atom. The third-order valence-electron chi connectivity index (χ3n) is 4.17. The Bertz CT molecular complexity index is 566. The van der Waals surface area contributed by atoms with Crippen LogP contribution in [0, 0.1) is 5.92 Å². The largest absolute Gasteiger partial charge is 0.342 e. The van der Waals surface area contributed by atoms with Crippen molar-refractivity contribution in [2.24, 2.45) is 5.92 Å². The maximum Gasteiger partial charge on any atom is 0.222 e. The first-order chi connectivity index (χ1) is 9.94. The number of thiophene rings is 1. The molecule has 2 atom stereocenters. The summed E-state index contributed by atoms with van der Waals surface area (Å²) in [5, 5.41) is 1.46. The van der Waals surface area contributed by atoms with Crippen LogP contribution in [0.3, 0.4) is 0 Å². The van der Waals surface area contributed by atoms with Crippen LogP contribution in [0.25, 0.3) is 0 Å². The second-order valence-electron chi connectivity index (χ2n) is 5.76. The molecule has 0 spiro atoms. The first kappa shape index (κ1) is 16.5. The summed E-state index contributed by atoms with van der Waals surface area (Å²) in [5.74, 6) is 0.513. The van der Waals surface area contributed by atoms with Crippen molar-refractivity contribution in [3.8, 4) is 0 Å². The van der Waals surface area contributed by atoms with Crippen molar-refractivity contribution in [2.75, 3.05) is 18.8 Å². The predicted octanol–water partition coefficient (Wildman–Crippen LogP) is 2.87. The number of hydrogen-bond acceptors (Lipinski definition) is 4. The van der Waals surface area contributed by atoms with Gasteiger partial charge in [-0.1, -0.05) is 26.3 Å². The van der Waals surface area contributed by atoms with Crippen molar-refractivity contribution in [3.63, 3.8) is 0 Å². The van der Waals surface area contributed by atoms with E-state index in [1.54, 1.807) is 4.90 Å². The lowest BCUT2D eigenvalue weighted by molar-refractivity contribution is -0.131. The van der Waals surface area contributed by atoms with Crippen LogP contribution in [0.15, 0.2) is 17.5 Å². The topological polar surface area (TPSA) is 54.5 Å². The van der Waals surface area contributed by atoms with Gasteiger partial charge in [0.2, 0.25) is 5.91 Å². The van der Waals surface area contributed by atoms with Crippen LogP contribution in [0.1, 0.15) is 43.2 Å². The molecule has 2 rings (SSSR count). The molecular weight excluding hydrogens is 306 g/mol. The third-order valence-corrected chi connectivity index (χ3v) is 7.42. The van der Waals surface area contributed by atoms with Gasteiger partial charge in [-0.25, -0.2) is 8.42 Å². The zero-order valence-corrected chi connectivity index (χ0v) is 14.3. The van der Waals surface area contributed by atoms with Gasteiger partial charge in [0, 0.05) is 24.4 Å². The minimum Gasteiger partial charge on any atom is -0.342 e. The van der Waals surface area contributed by atoms with E-state index in [1.807, 2.05) is 17.5 Å². The molecule has 1 fully saturated rings. The highest BCUT2D eigenvalue weighted by atomic mass is 32.2. The molecule has 1 amide bonds. The van der Waals surface area contributed by atoms with E-state index in [2.05, 4.69) is 13.8 Å². The normalized spacial score (nSPS) is 23.5. The van der Waals surface area contributed by atoms with E-state index in [4.69, 9.17) is 0 Å². The molecular formula is C15H23NO3S2. The highest BCUT2D eigenvalue weighted by Gasteiger charge is 2.33. The number of nitrogens with zero attached hydrogens (tertiary/aromatic N) is 1. The molecule has 2 heterocycles. The molecule has 2 unspecified atom stereocenters. The zero-order chi connectivity index (χ0) is 15.5. The van der Waals surface area contributed by atoms with Crippen LogP contribution >= 0.6 is 11.3 Å². The summed E-state index contributed by atoms with van der Waals surface area (Å²) in [5.41, 5.74) is 0. The molecule has 4 nitrogen and oxygen atoms in total. The molecule has 0 bridgehead atoms. The summed E-state index contributed by atoms with van der Waals surface area (Å²) in [6, 6.07) is 3.76. The second-order valence-corrected chi connectivity index (χ2v) is 9.04. The minimum atomic E-state index is -3.17. The summed E-state index contributed by atoms with van der Waals surface area (Å²) in [6.07, 6.45) is 1.99. The van der Waals surface area contributed by atoms with Gasteiger partial charge in [0.05, 0.1) is 11.0 Å². The molecule has 0 aliphatic carbocycles. The lowest BCUT2D eigenvalue weighted by atomic mass is 10.0. The summed E-state index contributed by atoms with van der Waals surface area (Å²) < 4.78 is 24.8. The van der Waals surface area contributed by atoms with Gasteiger partial charge in [-0.15, -0.1) is 11.3 Å². The molecule has 6 heteroatoms. The Morgan fingerprint density at radius 2 is 2.24 bits per heavy atom. The number of carbonyl (C=O) groups is 1. The Morgan fingerprint density at radius 3 is 2.86 bits per heavy atom. The van der Waals surface area contributed by atoms with Gasteiger partial charge in [-0.05, 0) is 23.8 Å².